The van der Waals surface area contributed by atoms with Crippen LogP contribution >= 0.6 is 0 Å². The number of hydrogen-bond donors (Lipinski definition) is 1. The Bertz CT molecular complexity index is 1060. The van der Waals surface area contributed by atoms with Gasteiger partial charge < -0.3 is 10.2 Å². The lowest BCUT2D eigenvalue weighted by molar-refractivity contribution is 1.01. The number of anilines is 2. The van der Waals surface area contributed by atoms with Crippen LogP contribution < -0.4 is 10.2 Å². The minimum atomic E-state index is 0.623. The van der Waals surface area contributed by atoms with E-state index in [9.17, 15) is 0 Å². The molecule has 0 unspecified atom stereocenters. The Morgan fingerprint density at radius 1 is 0.889 bits per heavy atom. The molecule has 3 aromatic heterocycles. The molecule has 6 heteroatoms. The van der Waals surface area contributed by atoms with E-state index in [1.165, 1.54) is 0 Å². The number of para-hydroxylation sites is 1. The number of nitrogens with one attached hydrogen (secondary N) is 1. The molecule has 0 aliphatic rings. The summed E-state index contributed by atoms with van der Waals surface area (Å²) in [6, 6.07) is 15.9. The predicted octanol–water partition coefficient (Wildman–Crippen LogP) is 3.76. The lowest BCUT2D eigenvalue weighted by atomic mass is 10.2. The normalized spacial score (nSPS) is 10.7. The van der Waals surface area contributed by atoms with Crippen molar-refractivity contribution in [2.24, 2.45) is 0 Å². The first kappa shape index (κ1) is 16.9. The third-order valence-electron chi connectivity index (χ3n) is 4.28. The number of benzene rings is 1. The quantitative estimate of drug-likeness (QED) is 0.587. The van der Waals surface area contributed by atoms with Crippen LogP contribution in [0.1, 0.15) is 5.56 Å². The van der Waals surface area contributed by atoms with Crippen LogP contribution in [-0.4, -0.2) is 34.0 Å². The lowest BCUT2D eigenvalue weighted by Gasteiger charge is -2.17. The van der Waals surface area contributed by atoms with Gasteiger partial charge in [0.1, 0.15) is 11.6 Å². The highest BCUT2D eigenvalue weighted by molar-refractivity contribution is 5.90. The first-order chi connectivity index (χ1) is 13.2. The number of rotatable bonds is 5. The molecule has 0 saturated heterocycles. The van der Waals surface area contributed by atoms with E-state index in [4.69, 9.17) is 9.97 Å². The summed E-state index contributed by atoms with van der Waals surface area (Å²) in [5.74, 6) is 2.43. The zero-order valence-corrected chi connectivity index (χ0v) is 15.3. The molecule has 0 aliphatic carbocycles. The van der Waals surface area contributed by atoms with Gasteiger partial charge in [-0.2, -0.15) is 0 Å². The molecule has 3 heterocycles. The van der Waals surface area contributed by atoms with Gasteiger partial charge in [0.25, 0.3) is 0 Å². The van der Waals surface area contributed by atoms with Gasteiger partial charge in [0.2, 0.25) is 0 Å². The SMILES string of the molecule is CN(C)c1ncccc1CNc1nc(-c2ccncc2)nc2ccccc12. The number of hydrogen-bond acceptors (Lipinski definition) is 6. The number of pyridine rings is 2. The summed E-state index contributed by atoms with van der Waals surface area (Å²) in [4.78, 5) is 20.0. The van der Waals surface area contributed by atoms with Gasteiger partial charge in [0.15, 0.2) is 5.82 Å². The van der Waals surface area contributed by atoms with Crippen LogP contribution in [0.2, 0.25) is 0 Å². The average Bonchev–Trinajstić information content (AvgIpc) is 2.72. The fraction of sp³-hybridized carbons (Fsp3) is 0.143. The highest BCUT2D eigenvalue weighted by Crippen LogP contribution is 2.25. The van der Waals surface area contributed by atoms with E-state index < -0.39 is 0 Å². The molecule has 27 heavy (non-hydrogen) atoms. The number of aromatic nitrogens is 4. The van der Waals surface area contributed by atoms with Gasteiger partial charge in [-0.05, 0) is 30.3 Å². The van der Waals surface area contributed by atoms with Crippen molar-refractivity contribution in [1.29, 1.82) is 0 Å². The van der Waals surface area contributed by atoms with Crippen LogP contribution in [-0.2, 0) is 6.54 Å². The number of nitrogens with zero attached hydrogens (tertiary/aromatic N) is 5. The van der Waals surface area contributed by atoms with E-state index >= 15 is 0 Å². The maximum Gasteiger partial charge on any atom is 0.162 e. The van der Waals surface area contributed by atoms with Gasteiger partial charge in [0, 0.05) is 55.7 Å². The van der Waals surface area contributed by atoms with Gasteiger partial charge >= 0.3 is 0 Å². The van der Waals surface area contributed by atoms with Crippen molar-refractivity contribution in [3.05, 3.63) is 72.7 Å². The first-order valence-corrected chi connectivity index (χ1v) is 8.74. The van der Waals surface area contributed by atoms with E-state index in [1.807, 2.05) is 61.5 Å². The second-order valence-electron chi connectivity index (χ2n) is 6.38. The molecule has 0 radical (unpaired) electrons. The van der Waals surface area contributed by atoms with E-state index in [2.05, 4.69) is 21.4 Å². The maximum absolute atomic E-state index is 4.78. The Hall–Kier alpha value is -3.54. The van der Waals surface area contributed by atoms with E-state index in [0.717, 1.165) is 33.7 Å². The van der Waals surface area contributed by atoms with Crippen LogP contribution in [0.3, 0.4) is 0 Å². The smallest absolute Gasteiger partial charge is 0.162 e. The molecule has 134 valence electrons. The lowest BCUT2D eigenvalue weighted by Crippen LogP contribution is -2.15. The molecular weight excluding hydrogens is 336 g/mol. The average molecular weight is 356 g/mol. The molecule has 1 aromatic carbocycles. The minimum absolute atomic E-state index is 0.623. The third-order valence-corrected chi connectivity index (χ3v) is 4.28. The fourth-order valence-electron chi connectivity index (χ4n) is 2.99. The van der Waals surface area contributed by atoms with Crippen molar-refractivity contribution >= 4 is 22.5 Å². The Kier molecular flexibility index (Phi) is 4.61. The molecular formula is C21H20N6. The fourth-order valence-corrected chi connectivity index (χ4v) is 2.99. The molecule has 6 nitrogen and oxygen atoms in total. The summed E-state index contributed by atoms with van der Waals surface area (Å²) < 4.78 is 0. The van der Waals surface area contributed by atoms with Crippen LogP contribution in [0.5, 0.6) is 0 Å². The molecule has 0 aliphatic heterocycles. The summed E-state index contributed by atoms with van der Waals surface area (Å²) in [5, 5.41) is 4.47. The van der Waals surface area contributed by atoms with Gasteiger partial charge in [-0.15, -0.1) is 0 Å². The van der Waals surface area contributed by atoms with Crippen molar-refractivity contribution in [3.63, 3.8) is 0 Å². The summed E-state index contributed by atoms with van der Waals surface area (Å²) in [6.07, 6.45) is 5.31. The molecule has 0 spiro atoms. The second kappa shape index (κ2) is 7.37. The number of fused-ring (bicyclic) bond motifs is 1. The molecule has 0 atom stereocenters. The molecule has 0 bridgehead atoms. The monoisotopic (exact) mass is 356 g/mol. The van der Waals surface area contributed by atoms with Crippen molar-refractivity contribution in [3.8, 4) is 11.4 Å². The first-order valence-electron chi connectivity index (χ1n) is 8.74. The summed E-state index contributed by atoms with van der Waals surface area (Å²) in [5.41, 5.74) is 2.95. The molecule has 4 aromatic rings. The molecule has 0 fully saturated rings. The zero-order valence-electron chi connectivity index (χ0n) is 15.3. The maximum atomic E-state index is 4.78. The topological polar surface area (TPSA) is 66.8 Å². The Balaban J connectivity index is 1.73. The Labute approximate surface area is 158 Å². The van der Waals surface area contributed by atoms with Gasteiger partial charge in [-0.1, -0.05) is 18.2 Å². The standard InChI is InChI=1S/C21H20N6/c1-27(2)21-16(6-5-11-23-21)14-24-20-17-7-3-4-8-18(17)25-19(26-20)15-9-12-22-13-10-15/h3-13H,14H2,1-2H3,(H,24,25,26). The van der Waals surface area contributed by atoms with Crippen LogP contribution in [0.15, 0.2) is 67.1 Å². The largest absolute Gasteiger partial charge is 0.365 e. The van der Waals surface area contributed by atoms with Crippen LogP contribution in [0.4, 0.5) is 11.6 Å². The van der Waals surface area contributed by atoms with E-state index in [-0.39, 0.29) is 0 Å². The van der Waals surface area contributed by atoms with Crippen molar-refractivity contribution < 1.29 is 0 Å². The molecule has 1 N–H and O–H groups in total. The molecule has 0 amide bonds. The Morgan fingerprint density at radius 3 is 2.52 bits per heavy atom. The van der Waals surface area contributed by atoms with E-state index in [1.54, 1.807) is 18.6 Å². The minimum Gasteiger partial charge on any atom is -0.365 e. The second-order valence-corrected chi connectivity index (χ2v) is 6.38. The summed E-state index contributed by atoms with van der Waals surface area (Å²) in [6.45, 7) is 0.623. The highest BCUT2D eigenvalue weighted by Gasteiger charge is 2.11. The third kappa shape index (κ3) is 3.55. The van der Waals surface area contributed by atoms with Gasteiger partial charge in [-0.3, -0.25) is 4.98 Å². The van der Waals surface area contributed by atoms with Crippen molar-refractivity contribution in [1.82, 2.24) is 19.9 Å². The van der Waals surface area contributed by atoms with Crippen molar-refractivity contribution in [2.75, 3.05) is 24.3 Å². The molecule has 4 rings (SSSR count). The van der Waals surface area contributed by atoms with Crippen LogP contribution in [0.25, 0.3) is 22.3 Å². The summed E-state index contributed by atoms with van der Waals surface area (Å²) in [7, 11) is 3.99. The zero-order chi connectivity index (χ0) is 18.6. The highest BCUT2D eigenvalue weighted by atomic mass is 15.1. The summed E-state index contributed by atoms with van der Waals surface area (Å²) >= 11 is 0. The van der Waals surface area contributed by atoms with Crippen LogP contribution in [0, 0.1) is 0 Å². The van der Waals surface area contributed by atoms with Crippen molar-refractivity contribution in [2.45, 2.75) is 6.54 Å². The Morgan fingerprint density at radius 2 is 1.70 bits per heavy atom. The van der Waals surface area contributed by atoms with Gasteiger partial charge in [-0.25, -0.2) is 15.0 Å². The van der Waals surface area contributed by atoms with E-state index in [0.29, 0.717) is 12.4 Å². The van der Waals surface area contributed by atoms with Gasteiger partial charge in [0.05, 0.1) is 5.52 Å². The molecule has 0 saturated carbocycles. The predicted molar refractivity (Wildman–Crippen MR) is 109 cm³/mol.